The molecular weight excluding hydrogens is 304 g/mol. The van der Waals surface area contributed by atoms with Crippen LogP contribution in [-0.2, 0) is 0 Å². The summed E-state index contributed by atoms with van der Waals surface area (Å²) in [5, 5.41) is 0. The Morgan fingerprint density at radius 1 is 0.857 bits per heavy atom. The number of allylic oxidation sites excluding steroid dienone is 2. The fourth-order valence-electron chi connectivity index (χ4n) is 1.30. The van der Waals surface area contributed by atoms with E-state index in [1.165, 1.54) is 49.7 Å². The Kier molecular flexibility index (Phi) is 10.3. The van der Waals surface area contributed by atoms with Gasteiger partial charge < -0.3 is 0 Å². The first-order chi connectivity index (χ1) is 6.79. The minimum atomic E-state index is 1.18. The summed E-state index contributed by atoms with van der Waals surface area (Å²) in [5.74, 6) is 0. The zero-order valence-electron chi connectivity index (χ0n) is 9.15. The molecule has 0 nitrogen and oxygen atoms in total. The molecule has 0 atom stereocenters. The van der Waals surface area contributed by atoms with Gasteiger partial charge in [-0.3, -0.25) is 0 Å². The van der Waals surface area contributed by atoms with Gasteiger partial charge in [0.05, 0.1) is 0 Å². The topological polar surface area (TPSA) is 0 Å². The second kappa shape index (κ2) is 9.97. The summed E-state index contributed by atoms with van der Waals surface area (Å²) in [6.07, 6.45) is 7.43. The van der Waals surface area contributed by atoms with Gasteiger partial charge in [0.1, 0.15) is 0 Å². The largest absolute Gasteiger partial charge is 0.0654 e. The van der Waals surface area contributed by atoms with Crippen molar-refractivity contribution in [1.82, 2.24) is 0 Å². The van der Waals surface area contributed by atoms with Gasteiger partial charge in [-0.1, -0.05) is 58.5 Å². The molecule has 0 aromatic carbocycles. The molecule has 0 radical (unpaired) electrons. The van der Waals surface area contributed by atoms with E-state index in [2.05, 4.69) is 55.7 Å². The minimum Gasteiger partial charge on any atom is -0.0654 e. The third kappa shape index (κ3) is 6.02. The highest BCUT2D eigenvalue weighted by Crippen LogP contribution is 2.24. The molecule has 0 unspecified atom stereocenters. The van der Waals surface area contributed by atoms with Gasteiger partial charge in [-0.2, -0.15) is 0 Å². The molecule has 0 spiro atoms. The van der Waals surface area contributed by atoms with Crippen molar-refractivity contribution in [1.29, 1.82) is 0 Å². The lowest BCUT2D eigenvalue weighted by Crippen LogP contribution is -1.90. The molecule has 0 aromatic heterocycles. The molecule has 82 valence electrons. The first-order valence-corrected chi connectivity index (χ1v) is 7.22. The van der Waals surface area contributed by atoms with E-state index in [9.17, 15) is 0 Å². The minimum absolute atomic E-state index is 1.18. The van der Waals surface area contributed by atoms with Crippen LogP contribution in [0.2, 0.25) is 0 Å². The van der Waals surface area contributed by atoms with Gasteiger partial charge in [-0.15, -0.1) is 0 Å². The van der Waals surface area contributed by atoms with E-state index in [0.29, 0.717) is 0 Å². The van der Waals surface area contributed by atoms with E-state index in [0.717, 1.165) is 0 Å². The quantitative estimate of drug-likeness (QED) is 0.510. The fourth-order valence-corrected chi connectivity index (χ4v) is 2.35. The molecule has 0 amide bonds. The highest BCUT2D eigenvalue weighted by molar-refractivity contribution is 9.11. The molecule has 0 aliphatic carbocycles. The Balaban J connectivity index is 4.18. The molecule has 0 heterocycles. The van der Waals surface area contributed by atoms with E-state index in [-0.39, 0.29) is 0 Å². The monoisotopic (exact) mass is 322 g/mol. The lowest BCUT2D eigenvalue weighted by atomic mass is 9.99. The van der Waals surface area contributed by atoms with Gasteiger partial charge >= 0.3 is 0 Å². The predicted molar refractivity (Wildman–Crippen MR) is 73.1 cm³/mol. The Hall–Kier alpha value is 0.440. The van der Waals surface area contributed by atoms with Crippen LogP contribution < -0.4 is 0 Å². The van der Waals surface area contributed by atoms with Gasteiger partial charge in [-0.05, 0) is 46.8 Å². The molecular formula is C12H20Br2. The summed E-state index contributed by atoms with van der Waals surface area (Å²) in [6, 6.07) is 0. The van der Waals surface area contributed by atoms with Crippen LogP contribution in [0.3, 0.4) is 0 Å². The second-order valence-electron chi connectivity index (χ2n) is 3.48. The molecule has 14 heavy (non-hydrogen) atoms. The van der Waals surface area contributed by atoms with Crippen molar-refractivity contribution in [2.45, 2.75) is 52.4 Å². The maximum absolute atomic E-state index is 3.46. The molecule has 0 saturated carbocycles. The Morgan fingerprint density at radius 2 is 1.21 bits per heavy atom. The SMILES string of the molecule is CCCCC(=C\Br)/C(=C/Br)CCCC. The average Bonchev–Trinajstić information content (AvgIpc) is 2.23. The highest BCUT2D eigenvalue weighted by Gasteiger charge is 2.03. The van der Waals surface area contributed by atoms with Gasteiger partial charge in [-0.25, -0.2) is 0 Å². The summed E-state index contributed by atoms with van der Waals surface area (Å²) in [6.45, 7) is 4.46. The van der Waals surface area contributed by atoms with Gasteiger partial charge in [0.15, 0.2) is 0 Å². The molecule has 0 N–H and O–H groups in total. The van der Waals surface area contributed by atoms with E-state index >= 15 is 0 Å². The van der Waals surface area contributed by atoms with E-state index < -0.39 is 0 Å². The van der Waals surface area contributed by atoms with Gasteiger partial charge in [0.25, 0.3) is 0 Å². The molecule has 0 aliphatic rings. The Bertz CT molecular complexity index is 170. The summed E-state index contributed by atoms with van der Waals surface area (Å²) in [7, 11) is 0. The van der Waals surface area contributed by atoms with Crippen molar-refractivity contribution in [3.05, 3.63) is 21.1 Å². The van der Waals surface area contributed by atoms with Crippen LogP contribution >= 0.6 is 31.9 Å². The second-order valence-corrected chi connectivity index (χ2v) is 4.39. The van der Waals surface area contributed by atoms with Crippen molar-refractivity contribution in [3.63, 3.8) is 0 Å². The highest BCUT2D eigenvalue weighted by atomic mass is 79.9. The molecule has 0 saturated heterocycles. The normalized spacial score (nSPS) is 13.4. The van der Waals surface area contributed by atoms with Crippen LogP contribution in [0.1, 0.15) is 52.4 Å². The third-order valence-electron chi connectivity index (χ3n) is 2.28. The predicted octanol–water partition coefficient (Wildman–Crippen LogP) is 5.92. The molecule has 0 bridgehead atoms. The fraction of sp³-hybridized carbons (Fsp3) is 0.667. The van der Waals surface area contributed by atoms with Crippen molar-refractivity contribution < 1.29 is 0 Å². The molecule has 0 fully saturated rings. The van der Waals surface area contributed by atoms with Crippen molar-refractivity contribution >= 4 is 31.9 Å². The van der Waals surface area contributed by atoms with Crippen LogP contribution in [0.4, 0.5) is 0 Å². The van der Waals surface area contributed by atoms with Crippen LogP contribution in [0.15, 0.2) is 21.1 Å². The molecule has 2 heteroatoms. The molecule has 0 aromatic rings. The summed E-state index contributed by atoms with van der Waals surface area (Å²) in [4.78, 5) is 4.15. The standard InChI is InChI=1S/C12H20Br2/c1-3-5-7-11(9-13)12(10-14)8-6-4-2/h9-10H,3-8H2,1-2H3/b11-9+,12-10+. The number of hydrogen-bond donors (Lipinski definition) is 0. The Labute approximate surface area is 105 Å². The first kappa shape index (κ1) is 14.4. The van der Waals surface area contributed by atoms with Crippen LogP contribution in [0.25, 0.3) is 0 Å². The van der Waals surface area contributed by atoms with Crippen molar-refractivity contribution in [2.75, 3.05) is 0 Å². The number of rotatable bonds is 7. The smallest absolute Gasteiger partial charge is 0.0154 e. The number of hydrogen-bond acceptors (Lipinski definition) is 0. The maximum atomic E-state index is 3.46. The van der Waals surface area contributed by atoms with Crippen molar-refractivity contribution in [2.24, 2.45) is 0 Å². The first-order valence-electron chi connectivity index (χ1n) is 5.39. The summed E-state index contributed by atoms with van der Waals surface area (Å²) >= 11 is 6.91. The summed E-state index contributed by atoms with van der Waals surface area (Å²) in [5.41, 5.74) is 2.88. The summed E-state index contributed by atoms with van der Waals surface area (Å²) < 4.78 is 0. The lowest BCUT2D eigenvalue weighted by molar-refractivity contribution is 0.755. The lowest BCUT2D eigenvalue weighted by Gasteiger charge is -2.09. The van der Waals surface area contributed by atoms with Gasteiger partial charge in [0, 0.05) is 0 Å². The molecule has 0 rings (SSSR count). The maximum Gasteiger partial charge on any atom is -0.0154 e. The van der Waals surface area contributed by atoms with Crippen LogP contribution in [0.5, 0.6) is 0 Å². The van der Waals surface area contributed by atoms with E-state index in [1.54, 1.807) is 0 Å². The third-order valence-corrected chi connectivity index (χ3v) is 3.38. The zero-order chi connectivity index (χ0) is 10.8. The van der Waals surface area contributed by atoms with Crippen LogP contribution in [-0.4, -0.2) is 0 Å². The van der Waals surface area contributed by atoms with Crippen molar-refractivity contribution in [3.8, 4) is 0 Å². The number of unbranched alkanes of at least 4 members (excludes halogenated alkanes) is 2. The molecule has 0 aliphatic heterocycles. The van der Waals surface area contributed by atoms with E-state index in [4.69, 9.17) is 0 Å². The zero-order valence-corrected chi connectivity index (χ0v) is 12.3. The average molecular weight is 324 g/mol. The van der Waals surface area contributed by atoms with E-state index in [1.807, 2.05) is 0 Å². The van der Waals surface area contributed by atoms with Crippen LogP contribution in [0, 0.1) is 0 Å². The van der Waals surface area contributed by atoms with Gasteiger partial charge in [0.2, 0.25) is 0 Å². The number of halogens is 2. The Morgan fingerprint density at radius 3 is 1.43 bits per heavy atom.